The lowest BCUT2D eigenvalue weighted by atomic mass is 10.0. The van der Waals surface area contributed by atoms with Gasteiger partial charge in [-0.15, -0.1) is 0 Å². The van der Waals surface area contributed by atoms with Gasteiger partial charge in [0.25, 0.3) is 0 Å². The van der Waals surface area contributed by atoms with E-state index in [9.17, 15) is 19.2 Å². The van der Waals surface area contributed by atoms with Crippen LogP contribution in [0, 0.1) is 11.3 Å². The molecule has 2 aliphatic rings. The number of piperazine rings is 1. The van der Waals surface area contributed by atoms with Crippen LogP contribution in [0.5, 0.6) is 0 Å². The summed E-state index contributed by atoms with van der Waals surface area (Å²) in [5.41, 5.74) is 0.994. The summed E-state index contributed by atoms with van der Waals surface area (Å²) in [6.45, 7) is 0.449. The summed E-state index contributed by atoms with van der Waals surface area (Å²) in [6, 6.07) is 8.63. The number of benzene rings is 1. The van der Waals surface area contributed by atoms with Crippen molar-refractivity contribution in [2.75, 3.05) is 24.5 Å². The molecule has 0 atom stereocenters. The van der Waals surface area contributed by atoms with Crippen molar-refractivity contribution in [1.29, 1.82) is 5.26 Å². The molecule has 0 spiro atoms. The maximum atomic E-state index is 14.0. The van der Waals surface area contributed by atoms with Crippen LogP contribution in [0.3, 0.4) is 0 Å². The highest BCUT2D eigenvalue weighted by Crippen LogP contribution is 2.30. The minimum absolute atomic E-state index is 0.0283. The average molecular weight is 360 g/mol. The Hall–Kier alpha value is -2.65. The van der Waals surface area contributed by atoms with Gasteiger partial charge < -0.3 is 9.80 Å². The third kappa shape index (κ3) is 3.28. The summed E-state index contributed by atoms with van der Waals surface area (Å²) in [4.78, 5) is 27.5. The summed E-state index contributed by atoms with van der Waals surface area (Å²) in [7, 11) is 0. The van der Waals surface area contributed by atoms with Gasteiger partial charge in [-0.3, -0.25) is 9.59 Å². The molecule has 25 heavy (non-hydrogen) atoms. The third-order valence-electron chi connectivity index (χ3n) is 4.28. The second-order valence-electron chi connectivity index (χ2n) is 5.79. The van der Waals surface area contributed by atoms with E-state index >= 15 is 0 Å². The van der Waals surface area contributed by atoms with E-state index in [0.29, 0.717) is 29.1 Å². The molecule has 1 aliphatic heterocycles. The number of hydrogen-bond acceptors (Lipinski definition) is 3. The molecule has 3 rings (SSSR count). The summed E-state index contributed by atoms with van der Waals surface area (Å²) in [5.74, 6) is -1.89. The van der Waals surface area contributed by atoms with Crippen molar-refractivity contribution in [2.24, 2.45) is 0 Å². The first-order valence-electron chi connectivity index (χ1n) is 7.86. The Morgan fingerprint density at radius 1 is 1.20 bits per heavy atom. The highest BCUT2D eigenvalue weighted by Gasteiger charge is 2.35. The van der Waals surface area contributed by atoms with Crippen molar-refractivity contribution in [2.45, 2.75) is 12.8 Å². The molecule has 1 aliphatic carbocycles. The standard InChI is InChI=1S/C18H15ClFN3O2/c19-14-5-3-6-15(20)13(14)11-22-8-9-23(18(25)17(22)24)16-7-2-1-4-12(16)10-21/h1-2,4,6-7H,3,5,8-9,11H2. The summed E-state index contributed by atoms with van der Waals surface area (Å²) in [5, 5.41) is 9.56. The van der Waals surface area contributed by atoms with Crippen molar-refractivity contribution in [1.82, 2.24) is 4.90 Å². The number of hydrogen-bond donors (Lipinski definition) is 0. The fraction of sp³-hybridized carbons (Fsp3) is 0.278. The van der Waals surface area contributed by atoms with E-state index in [-0.39, 0.29) is 25.2 Å². The van der Waals surface area contributed by atoms with Gasteiger partial charge in [-0.05, 0) is 31.1 Å². The van der Waals surface area contributed by atoms with Crippen LogP contribution < -0.4 is 4.90 Å². The Bertz CT molecular complexity index is 841. The normalized spacial score (nSPS) is 18.4. The zero-order valence-corrected chi connectivity index (χ0v) is 14.1. The Morgan fingerprint density at radius 3 is 2.68 bits per heavy atom. The Morgan fingerprint density at radius 2 is 1.96 bits per heavy atom. The van der Waals surface area contributed by atoms with Gasteiger partial charge >= 0.3 is 11.8 Å². The lowest BCUT2D eigenvalue weighted by Gasteiger charge is -2.34. The Balaban J connectivity index is 1.80. The zero-order valence-electron chi connectivity index (χ0n) is 13.3. The molecule has 1 heterocycles. The molecule has 0 bridgehead atoms. The highest BCUT2D eigenvalue weighted by molar-refractivity contribution is 6.41. The molecule has 0 aromatic heterocycles. The van der Waals surface area contributed by atoms with Crippen molar-refractivity contribution < 1.29 is 14.0 Å². The fourth-order valence-corrected chi connectivity index (χ4v) is 3.20. The molecular formula is C18H15ClFN3O2. The van der Waals surface area contributed by atoms with Gasteiger partial charge in [0.05, 0.1) is 17.8 Å². The van der Waals surface area contributed by atoms with Crippen LogP contribution in [-0.4, -0.2) is 36.3 Å². The van der Waals surface area contributed by atoms with Crippen LogP contribution in [-0.2, 0) is 9.59 Å². The number of para-hydroxylation sites is 1. The average Bonchev–Trinajstić information content (AvgIpc) is 2.62. The van der Waals surface area contributed by atoms with E-state index in [1.165, 1.54) is 15.9 Å². The number of nitrogens with zero attached hydrogens (tertiary/aromatic N) is 3. The van der Waals surface area contributed by atoms with Crippen LogP contribution in [0.15, 0.2) is 46.8 Å². The summed E-state index contributed by atoms with van der Waals surface area (Å²) in [6.07, 6.45) is 2.49. The predicted octanol–water partition coefficient (Wildman–Crippen LogP) is 2.87. The minimum atomic E-state index is -0.731. The van der Waals surface area contributed by atoms with E-state index in [2.05, 4.69) is 0 Å². The van der Waals surface area contributed by atoms with Gasteiger partial charge in [-0.25, -0.2) is 4.39 Å². The van der Waals surface area contributed by atoms with Crippen molar-refractivity contribution in [3.8, 4) is 6.07 Å². The van der Waals surface area contributed by atoms with E-state index < -0.39 is 17.6 Å². The molecule has 1 aromatic carbocycles. The van der Waals surface area contributed by atoms with Gasteiger partial charge in [0.1, 0.15) is 11.9 Å². The smallest absolute Gasteiger partial charge is 0.316 e. The van der Waals surface area contributed by atoms with E-state index in [0.717, 1.165) is 0 Å². The number of allylic oxidation sites excluding steroid dienone is 2. The monoisotopic (exact) mass is 359 g/mol. The molecule has 2 amide bonds. The molecule has 5 nitrogen and oxygen atoms in total. The lowest BCUT2D eigenvalue weighted by molar-refractivity contribution is -0.145. The van der Waals surface area contributed by atoms with Crippen molar-refractivity contribution in [3.05, 3.63) is 52.3 Å². The van der Waals surface area contributed by atoms with Gasteiger partial charge in [0.15, 0.2) is 0 Å². The molecule has 1 saturated heterocycles. The first-order chi connectivity index (χ1) is 12.0. The Labute approximate surface area is 149 Å². The van der Waals surface area contributed by atoms with Crippen molar-refractivity contribution in [3.63, 3.8) is 0 Å². The molecule has 1 fully saturated rings. The predicted molar refractivity (Wildman–Crippen MR) is 91.4 cm³/mol. The Kier molecular flexibility index (Phi) is 4.86. The molecule has 0 unspecified atom stereocenters. The molecule has 0 radical (unpaired) electrons. The second kappa shape index (κ2) is 7.08. The largest absolute Gasteiger partial charge is 0.328 e. The molecule has 0 saturated carbocycles. The van der Waals surface area contributed by atoms with Gasteiger partial charge in [-0.1, -0.05) is 23.7 Å². The fourth-order valence-electron chi connectivity index (χ4n) is 2.94. The minimum Gasteiger partial charge on any atom is -0.328 e. The lowest BCUT2D eigenvalue weighted by Crippen LogP contribution is -2.55. The summed E-state index contributed by atoms with van der Waals surface area (Å²) < 4.78 is 14.0. The van der Waals surface area contributed by atoms with E-state index in [1.807, 2.05) is 6.07 Å². The SMILES string of the molecule is N#Cc1ccccc1N1CCN(CC2=C(Cl)CCC=C2F)C(=O)C1=O. The number of carbonyl (C=O) groups is 2. The molecule has 0 N–H and O–H groups in total. The van der Waals surface area contributed by atoms with Crippen LogP contribution in [0.2, 0.25) is 0 Å². The zero-order chi connectivity index (χ0) is 18.0. The topological polar surface area (TPSA) is 64.4 Å². The van der Waals surface area contributed by atoms with Crippen molar-refractivity contribution >= 4 is 29.1 Å². The van der Waals surface area contributed by atoms with E-state index in [1.54, 1.807) is 24.3 Å². The molecule has 7 heteroatoms. The third-order valence-corrected chi connectivity index (χ3v) is 4.69. The number of rotatable bonds is 3. The van der Waals surface area contributed by atoms with Crippen LogP contribution >= 0.6 is 11.6 Å². The number of carbonyl (C=O) groups excluding carboxylic acids is 2. The first-order valence-corrected chi connectivity index (χ1v) is 8.24. The maximum absolute atomic E-state index is 14.0. The van der Waals surface area contributed by atoms with Crippen LogP contribution in [0.4, 0.5) is 10.1 Å². The second-order valence-corrected chi connectivity index (χ2v) is 6.24. The van der Waals surface area contributed by atoms with Crippen LogP contribution in [0.25, 0.3) is 0 Å². The quantitative estimate of drug-likeness (QED) is 0.779. The number of anilines is 1. The van der Waals surface area contributed by atoms with Gasteiger partial charge in [-0.2, -0.15) is 5.26 Å². The first kappa shape index (κ1) is 17.2. The van der Waals surface area contributed by atoms with Crippen LogP contribution in [0.1, 0.15) is 18.4 Å². The summed E-state index contributed by atoms with van der Waals surface area (Å²) >= 11 is 6.07. The number of halogens is 2. The van der Waals surface area contributed by atoms with Gasteiger partial charge in [0, 0.05) is 23.7 Å². The number of amides is 2. The van der Waals surface area contributed by atoms with E-state index in [4.69, 9.17) is 11.6 Å². The van der Waals surface area contributed by atoms with Gasteiger partial charge in [0.2, 0.25) is 0 Å². The number of nitriles is 1. The molecular weight excluding hydrogens is 345 g/mol. The molecule has 1 aromatic rings. The highest BCUT2D eigenvalue weighted by atomic mass is 35.5. The molecule has 128 valence electrons. The maximum Gasteiger partial charge on any atom is 0.316 e.